The Morgan fingerprint density at radius 2 is 1.32 bits per heavy atom. The predicted octanol–water partition coefficient (Wildman–Crippen LogP) is 5.52. The van der Waals surface area contributed by atoms with Crippen LogP contribution in [0.2, 0.25) is 0 Å². The molecule has 2 fully saturated rings. The molecule has 0 N–H and O–H groups in total. The van der Waals surface area contributed by atoms with Crippen molar-refractivity contribution in [2.24, 2.45) is 17.8 Å². The maximum atomic E-state index is 5.41. The van der Waals surface area contributed by atoms with Crippen LogP contribution in [0.5, 0.6) is 0 Å². The second-order valence-electron chi connectivity index (χ2n) is 6.97. The van der Waals surface area contributed by atoms with Crippen LogP contribution < -0.4 is 0 Å². The molecule has 2 aliphatic rings. The minimum Gasteiger partial charge on any atom is -0.381 e. The molecule has 22 heavy (non-hydrogen) atoms. The van der Waals surface area contributed by atoms with Gasteiger partial charge >= 0.3 is 0 Å². The highest BCUT2D eigenvalue weighted by atomic mass is 16.5. The zero-order valence-electron chi connectivity index (χ0n) is 14.4. The van der Waals surface area contributed by atoms with Crippen molar-refractivity contribution in [1.29, 1.82) is 0 Å². The van der Waals surface area contributed by atoms with Gasteiger partial charge in [-0.3, -0.25) is 0 Å². The van der Waals surface area contributed by atoms with Crippen LogP contribution in [0.4, 0.5) is 0 Å². The Kier molecular flexibility index (Phi) is 7.81. The molecule has 0 saturated heterocycles. The van der Waals surface area contributed by atoms with Crippen LogP contribution in [0.3, 0.4) is 0 Å². The lowest BCUT2D eigenvalue weighted by molar-refractivity contribution is 0.0627. The fraction of sp³-hybridized carbons (Fsp3) is 0.714. The predicted molar refractivity (Wildman–Crippen MR) is 94.6 cm³/mol. The van der Waals surface area contributed by atoms with Gasteiger partial charge in [0.1, 0.15) is 0 Å². The average molecular weight is 300 g/mol. The standard InChI is InChI=1S/C21H32O/c1-3-18-10-12-19(13-11-18)8-6-4-5-7-9-20-14-16-21(22-2)17-15-20/h6-9,18-21H,3,10-17H2,1-2H3. The van der Waals surface area contributed by atoms with E-state index in [1.165, 1.54) is 57.8 Å². The van der Waals surface area contributed by atoms with Crippen LogP contribution >= 0.6 is 0 Å². The van der Waals surface area contributed by atoms with Crippen molar-refractivity contribution in [3.05, 3.63) is 24.3 Å². The summed E-state index contributed by atoms with van der Waals surface area (Å²) >= 11 is 0. The van der Waals surface area contributed by atoms with Gasteiger partial charge < -0.3 is 4.74 Å². The van der Waals surface area contributed by atoms with Crippen molar-refractivity contribution in [3.8, 4) is 11.8 Å². The van der Waals surface area contributed by atoms with Gasteiger partial charge in [0.05, 0.1) is 6.10 Å². The lowest BCUT2D eigenvalue weighted by Gasteiger charge is -2.25. The molecule has 2 rings (SSSR count). The van der Waals surface area contributed by atoms with Crippen molar-refractivity contribution < 1.29 is 4.74 Å². The van der Waals surface area contributed by atoms with E-state index in [-0.39, 0.29) is 0 Å². The third-order valence-electron chi connectivity index (χ3n) is 5.51. The highest BCUT2D eigenvalue weighted by molar-refractivity contribution is 5.24. The van der Waals surface area contributed by atoms with Gasteiger partial charge in [-0.1, -0.05) is 37.3 Å². The van der Waals surface area contributed by atoms with E-state index >= 15 is 0 Å². The lowest BCUT2D eigenvalue weighted by atomic mass is 9.81. The van der Waals surface area contributed by atoms with Gasteiger partial charge in [-0.15, -0.1) is 0 Å². The van der Waals surface area contributed by atoms with Crippen LogP contribution in [0, 0.1) is 29.6 Å². The Balaban J connectivity index is 1.64. The number of allylic oxidation sites excluding steroid dienone is 4. The van der Waals surface area contributed by atoms with Gasteiger partial charge in [0.25, 0.3) is 0 Å². The molecule has 0 radical (unpaired) electrons. The molecule has 0 bridgehead atoms. The first-order valence-corrected chi connectivity index (χ1v) is 9.19. The maximum Gasteiger partial charge on any atom is 0.0571 e. The van der Waals surface area contributed by atoms with E-state index in [0.29, 0.717) is 12.0 Å². The first kappa shape index (κ1) is 17.4. The van der Waals surface area contributed by atoms with Crippen LogP contribution in [0.1, 0.15) is 64.7 Å². The Morgan fingerprint density at radius 1 is 0.818 bits per heavy atom. The molecule has 0 atom stereocenters. The third-order valence-corrected chi connectivity index (χ3v) is 5.51. The van der Waals surface area contributed by atoms with Crippen molar-refractivity contribution in [2.45, 2.75) is 70.8 Å². The van der Waals surface area contributed by atoms with E-state index in [9.17, 15) is 0 Å². The lowest BCUT2D eigenvalue weighted by Crippen LogP contribution is -2.19. The van der Waals surface area contributed by atoms with Crippen molar-refractivity contribution in [1.82, 2.24) is 0 Å². The molecule has 0 heterocycles. The van der Waals surface area contributed by atoms with Crippen LogP contribution in [0.15, 0.2) is 24.3 Å². The Morgan fingerprint density at radius 3 is 1.77 bits per heavy atom. The molecular weight excluding hydrogens is 268 g/mol. The quantitative estimate of drug-likeness (QED) is 0.621. The minimum atomic E-state index is 0.487. The molecule has 0 aromatic heterocycles. The fourth-order valence-electron chi connectivity index (χ4n) is 3.77. The Bertz CT molecular complexity index is 369. The monoisotopic (exact) mass is 300 g/mol. The zero-order chi connectivity index (χ0) is 15.6. The second kappa shape index (κ2) is 9.90. The van der Waals surface area contributed by atoms with Crippen LogP contribution in [-0.2, 0) is 4.74 Å². The van der Waals surface area contributed by atoms with Gasteiger partial charge in [0.2, 0.25) is 0 Å². The first-order chi connectivity index (χ1) is 10.8. The van der Waals surface area contributed by atoms with Gasteiger partial charge in [0.15, 0.2) is 0 Å². The van der Waals surface area contributed by atoms with E-state index in [2.05, 4.69) is 43.1 Å². The Hall–Kier alpha value is -1.00. The molecule has 0 aliphatic heterocycles. The molecule has 0 aromatic carbocycles. The second-order valence-corrected chi connectivity index (χ2v) is 6.97. The third kappa shape index (κ3) is 6.01. The summed E-state index contributed by atoms with van der Waals surface area (Å²) in [5.74, 6) is 8.79. The van der Waals surface area contributed by atoms with E-state index in [1.54, 1.807) is 0 Å². The normalized spacial score (nSPS) is 33.0. The van der Waals surface area contributed by atoms with Gasteiger partial charge in [0, 0.05) is 7.11 Å². The summed E-state index contributed by atoms with van der Waals surface area (Å²) in [4.78, 5) is 0. The number of hydrogen-bond acceptors (Lipinski definition) is 1. The molecule has 2 saturated carbocycles. The smallest absolute Gasteiger partial charge is 0.0571 e. The number of rotatable bonds is 4. The van der Waals surface area contributed by atoms with Gasteiger partial charge in [-0.25, -0.2) is 0 Å². The molecule has 0 spiro atoms. The van der Waals surface area contributed by atoms with Gasteiger partial charge in [-0.05, 0) is 81.3 Å². The van der Waals surface area contributed by atoms with E-state index < -0.39 is 0 Å². The molecule has 0 unspecified atom stereocenters. The SMILES string of the molecule is CCC1CCC(C=CC#CC=CC2CCC(OC)CC2)CC1. The molecule has 1 nitrogen and oxygen atoms in total. The number of methoxy groups -OCH3 is 1. The van der Waals surface area contributed by atoms with Crippen molar-refractivity contribution >= 4 is 0 Å². The Labute approximate surface area is 137 Å². The molecule has 2 aliphatic carbocycles. The summed E-state index contributed by atoms with van der Waals surface area (Å²) in [5, 5.41) is 0. The van der Waals surface area contributed by atoms with Crippen molar-refractivity contribution in [3.63, 3.8) is 0 Å². The van der Waals surface area contributed by atoms with E-state index in [0.717, 1.165) is 11.8 Å². The van der Waals surface area contributed by atoms with Gasteiger partial charge in [-0.2, -0.15) is 0 Å². The first-order valence-electron chi connectivity index (χ1n) is 9.19. The van der Waals surface area contributed by atoms with Crippen LogP contribution in [-0.4, -0.2) is 13.2 Å². The topological polar surface area (TPSA) is 9.23 Å². The molecule has 0 amide bonds. The zero-order valence-corrected chi connectivity index (χ0v) is 14.4. The van der Waals surface area contributed by atoms with Crippen molar-refractivity contribution in [2.75, 3.05) is 7.11 Å². The number of ether oxygens (including phenoxy) is 1. The summed E-state index contributed by atoms with van der Waals surface area (Å²) in [6, 6.07) is 0. The highest BCUT2D eigenvalue weighted by Gasteiger charge is 2.18. The average Bonchev–Trinajstić information content (AvgIpc) is 2.59. The summed E-state index contributed by atoms with van der Waals surface area (Å²) in [5.41, 5.74) is 0. The summed E-state index contributed by atoms with van der Waals surface area (Å²) < 4.78 is 5.41. The maximum absolute atomic E-state index is 5.41. The van der Waals surface area contributed by atoms with E-state index in [4.69, 9.17) is 4.74 Å². The molecule has 0 aromatic rings. The number of hydrogen-bond donors (Lipinski definition) is 0. The summed E-state index contributed by atoms with van der Waals surface area (Å²) in [6.07, 6.45) is 21.0. The largest absolute Gasteiger partial charge is 0.381 e. The molecule has 1 heteroatoms. The fourth-order valence-corrected chi connectivity index (χ4v) is 3.77. The summed E-state index contributed by atoms with van der Waals surface area (Å²) in [6.45, 7) is 2.32. The van der Waals surface area contributed by atoms with E-state index in [1.807, 2.05) is 7.11 Å². The van der Waals surface area contributed by atoms with Crippen LogP contribution in [0.25, 0.3) is 0 Å². The minimum absolute atomic E-state index is 0.487. The highest BCUT2D eigenvalue weighted by Crippen LogP contribution is 2.31. The summed E-state index contributed by atoms with van der Waals surface area (Å²) in [7, 11) is 1.83. The molecular formula is C21H32O. The molecule has 122 valence electrons.